The summed E-state index contributed by atoms with van der Waals surface area (Å²) in [4.78, 5) is 34.0. The highest BCUT2D eigenvalue weighted by molar-refractivity contribution is 5.69. The average Bonchev–Trinajstić information content (AvgIpc) is 2.88. The van der Waals surface area contributed by atoms with Crippen LogP contribution < -0.4 is 11.2 Å². The molecule has 6 nitrogen and oxygen atoms in total. The van der Waals surface area contributed by atoms with Crippen LogP contribution in [0.4, 0.5) is 0 Å². The van der Waals surface area contributed by atoms with E-state index in [-0.39, 0.29) is 11.2 Å². The number of imidazole rings is 1. The van der Waals surface area contributed by atoms with Gasteiger partial charge in [0, 0.05) is 12.5 Å². The minimum Gasteiger partial charge on any atom is -0.336 e. The van der Waals surface area contributed by atoms with Crippen molar-refractivity contribution in [2.45, 2.75) is 65.3 Å². The van der Waals surface area contributed by atoms with Gasteiger partial charge in [0.05, 0.1) is 0 Å². The summed E-state index contributed by atoms with van der Waals surface area (Å²) in [5, 5.41) is 0. The van der Waals surface area contributed by atoms with Gasteiger partial charge in [0.25, 0.3) is 5.56 Å². The first-order valence-corrected chi connectivity index (χ1v) is 7.85. The van der Waals surface area contributed by atoms with Crippen molar-refractivity contribution in [1.29, 1.82) is 0 Å². The number of aryl methyl sites for hydroxylation is 1. The summed E-state index contributed by atoms with van der Waals surface area (Å²) < 4.78 is 1.55. The molecule has 2 N–H and O–H groups in total. The second kappa shape index (κ2) is 6.74. The van der Waals surface area contributed by atoms with E-state index in [1.54, 1.807) is 4.57 Å². The molecule has 2 aromatic heterocycles. The number of hydrogen-bond acceptors (Lipinski definition) is 3. The largest absolute Gasteiger partial charge is 0.336 e. The van der Waals surface area contributed by atoms with Gasteiger partial charge in [0.1, 0.15) is 11.3 Å². The molecule has 0 saturated heterocycles. The first kappa shape index (κ1) is 15.5. The van der Waals surface area contributed by atoms with Crippen LogP contribution in [0.2, 0.25) is 0 Å². The van der Waals surface area contributed by atoms with Crippen LogP contribution in [0, 0.1) is 0 Å². The summed E-state index contributed by atoms with van der Waals surface area (Å²) in [5.74, 6) is 1.15. The van der Waals surface area contributed by atoms with E-state index < -0.39 is 0 Å². The fourth-order valence-corrected chi connectivity index (χ4v) is 2.80. The van der Waals surface area contributed by atoms with Crippen LogP contribution in [0.5, 0.6) is 0 Å². The summed E-state index contributed by atoms with van der Waals surface area (Å²) in [5.41, 5.74) is 0.135. The van der Waals surface area contributed by atoms with Crippen molar-refractivity contribution < 1.29 is 0 Å². The van der Waals surface area contributed by atoms with Crippen LogP contribution in [0.25, 0.3) is 11.2 Å². The molecular weight excluding hydrogens is 268 g/mol. The van der Waals surface area contributed by atoms with Crippen LogP contribution in [-0.2, 0) is 6.54 Å². The lowest BCUT2D eigenvalue weighted by atomic mass is 9.98. The number of aromatic amines is 2. The number of rotatable bonds is 7. The van der Waals surface area contributed by atoms with E-state index in [1.807, 2.05) is 6.92 Å². The molecule has 0 aromatic carbocycles. The first-order chi connectivity index (χ1) is 10.1. The highest BCUT2D eigenvalue weighted by Gasteiger charge is 2.18. The summed E-state index contributed by atoms with van der Waals surface area (Å²) >= 11 is 0. The molecule has 0 aliphatic carbocycles. The Morgan fingerprint density at radius 2 is 1.71 bits per heavy atom. The Bertz CT molecular complexity index is 705. The number of nitrogens with zero attached hydrogens (tertiary/aromatic N) is 2. The first-order valence-electron chi connectivity index (χ1n) is 7.85. The van der Waals surface area contributed by atoms with Gasteiger partial charge in [-0.3, -0.25) is 14.3 Å². The van der Waals surface area contributed by atoms with Gasteiger partial charge < -0.3 is 4.98 Å². The number of aromatic nitrogens is 4. The lowest BCUT2D eigenvalue weighted by molar-refractivity contribution is 0.538. The summed E-state index contributed by atoms with van der Waals surface area (Å²) in [7, 11) is 0. The standard InChI is InChI=1S/C15H24N4O2/c1-4-7-10(8-5-2)12-16-11-13(17-12)19(9-6-3)15(21)18-14(11)20/h10H,4-9H2,1-3H3,(H,16,17)(H,18,20,21). The monoisotopic (exact) mass is 292 g/mol. The molecule has 0 spiro atoms. The molecule has 0 fully saturated rings. The molecular formula is C15H24N4O2. The molecule has 0 radical (unpaired) electrons. The van der Waals surface area contributed by atoms with Gasteiger partial charge in [-0.05, 0) is 19.3 Å². The second-order valence-corrected chi connectivity index (χ2v) is 5.51. The molecule has 0 atom stereocenters. The third-order valence-corrected chi connectivity index (χ3v) is 3.76. The van der Waals surface area contributed by atoms with Gasteiger partial charge in [-0.15, -0.1) is 0 Å². The molecule has 0 aliphatic rings. The van der Waals surface area contributed by atoms with Crippen LogP contribution in [0.3, 0.4) is 0 Å². The van der Waals surface area contributed by atoms with Gasteiger partial charge in [0.2, 0.25) is 0 Å². The Hall–Kier alpha value is -1.85. The maximum absolute atomic E-state index is 12.0. The fraction of sp³-hybridized carbons (Fsp3) is 0.667. The van der Waals surface area contributed by atoms with Crippen LogP contribution in [0.1, 0.15) is 64.6 Å². The number of nitrogens with one attached hydrogen (secondary N) is 2. The third-order valence-electron chi connectivity index (χ3n) is 3.76. The summed E-state index contributed by atoms with van der Waals surface area (Å²) in [6, 6.07) is 0. The Morgan fingerprint density at radius 1 is 1.05 bits per heavy atom. The van der Waals surface area contributed by atoms with Crippen molar-refractivity contribution in [1.82, 2.24) is 19.5 Å². The van der Waals surface area contributed by atoms with E-state index in [4.69, 9.17) is 0 Å². The lowest BCUT2D eigenvalue weighted by Gasteiger charge is -2.11. The Labute approximate surface area is 123 Å². The SMILES string of the molecule is CCCC(CCC)c1nc2c([nH]1)c(=O)[nH]c(=O)n2CCC. The second-order valence-electron chi connectivity index (χ2n) is 5.51. The van der Waals surface area contributed by atoms with Crippen LogP contribution >= 0.6 is 0 Å². The van der Waals surface area contributed by atoms with Gasteiger partial charge in [0.15, 0.2) is 5.65 Å². The molecule has 0 amide bonds. The maximum Gasteiger partial charge on any atom is 0.330 e. The van der Waals surface area contributed by atoms with Crippen LogP contribution in [-0.4, -0.2) is 19.5 Å². The summed E-state index contributed by atoms with van der Waals surface area (Å²) in [6.45, 7) is 6.84. The zero-order valence-corrected chi connectivity index (χ0v) is 13.0. The van der Waals surface area contributed by atoms with Crippen LogP contribution in [0.15, 0.2) is 9.59 Å². The fourth-order valence-electron chi connectivity index (χ4n) is 2.80. The molecule has 116 valence electrons. The minimum absolute atomic E-state index is 0.317. The molecule has 2 heterocycles. The maximum atomic E-state index is 12.0. The van der Waals surface area contributed by atoms with E-state index in [1.165, 1.54) is 0 Å². The van der Waals surface area contributed by atoms with Crippen molar-refractivity contribution in [3.8, 4) is 0 Å². The normalized spacial score (nSPS) is 11.6. The van der Waals surface area contributed by atoms with Gasteiger partial charge >= 0.3 is 5.69 Å². The van der Waals surface area contributed by atoms with Crippen molar-refractivity contribution in [2.24, 2.45) is 0 Å². The topological polar surface area (TPSA) is 83.5 Å². The molecule has 6 heteroatoms. The molecule has 0 saturated carbocycles. The average molecular weight is 292 g/mol. The molecule has 0 unspecified atom stereocenters. The summed E-state index contributed by atoms with van der Waals surface area (Å²) in [6.07, 6.45) is 5.02. The molecule has 0 bridgehead atoms. The van der Waals surface area contributed by atoms with Crippen molar-refractivity contribution in [2.75, 3.05) is 0 Å². The van der Waals surface area contributed by atoms with Crippen molar-refractivity contribution in [3.63, 3.8) is 0 Å². The van der Waals surface area contributed by atoms with Crippen molar-refractivity contribution in [3.05, 3.63) is 26.7 Å². The smallest absolute Gasteiger partial charge is 0.330 e. The van der Waals surface area contributed by atoms with Crippen molar-refractivity contribution >= 4 is 11.2 Å². The highest BCUT2D eigenvalue weighted by atomic mass is 16.2. The molecule has 0 aliphatic heterocycles. The minimum atomic E-state index is -0.382. The zero-order valence-electron chi connectivity index (χ0n) is 13.0. The number of fused-ring (bicyclic) bond motifs is 1. The van der Waals surface area contributed by atoms with E-state index in [0.717, 1.165) is 37.9 Å². The van der Waals surface area contributed by atoms with Gasteiger partial charge in [-0.2, -0.15) is 0 Å². The van der Waals surface area contributed by atoms with E-state index in [0.29, 0.717) is 23.6 Å². The molecule has 2 rings (SSSR count). The quantitative estimate of drug-likeness (QED) is 0.822. The zero-order chi connectivity index (χ0) is 15.4. The lowest BCUT2D eigenvalue weighted by Crippen LogP contribution is -2.30. The van der Waals surface area contributed by atoms with Gasteiger partial charge in [-0.1, -0.05) is 33.6 Å². The van der Waals surface area contributed by atoms with E-state index in [9.17, 15) is 9.59 Å². The van der Waals surface area contributed by atoms with Gasteiger partial charge in [-0.25, -0.2) is 9.78 Å². The number of H-pyrrole nitrogens is 2. The highest BCUT2D eigenvalue weighted by Crippen LogP contribution is 2.25. The number of hydrogen-bond donors (Lipinski definition) is 2. The Morgan fingerprint density at radius 3 is 2.29 bits per heavy atom. The Balaban J connectivity index is 2.58. The predicted molar refractivity (Wildman–Crippen MR) is 83.8 cm³/mol. The molecule has 2 aromatic rings. The third kappa shape index (κ3) is 3.09. The predicted octanol–water partition coefficient (Wildman–Crippen LogP) is 2.51. The van der Waals surface area contributed by atoms with E-state index >= 15 is 0 Å². The Kier molecular flexibility index (Phi) is 4.98. The van der Waals surface area contributed by atoms with E-state index in [2.05, 4.69) is 28.8 Å². The molecule has 21 heavy (non-hydrogen) atoms.